The number of nitrogens with zero attached hydrogens (tertiary/aromatic N) is 3. The molecule has 2 heterocycles. The van der Waals surface area contributed by atoms with Crippen molar-refractivity contribution < 1.29 is 23.1 Å². The zero-order valence-corrected chi connectivity index (χ0v) is 22.4. The van der Waals surface area contributed by atoms with Gasteiger partial charge in [0.2, 0.25) is 10.0 Å². The van der Waals surface area contributed by atoms with Gasteiger partial charge in [0.15, 0.2) is 0 Å². The van der Waals surface area contributed by atoms with E-state index in [1.54, 1.807) is 61.5 Å². The number of likely N-dealkylation sites (N-methyl/N-ethyl adjacent to an activating group) is 1. The number of aryl methyl sites for hydroxylation is 1. The molecule has 0 unspecified atom stereocenters. The Hall–Kier alpha value is -3.27. The van der Waals surface area contributed by atoms with Gasteiger partial charge < -0.3 is 14.7 Å². The number of amides is 1. The van der Waals surface area contributed by atoms with Crippen LogP contribution in [0.15, 0.2) is 71.8 Å². The molecule has 0 radical (unpaired) electrons. The summed E-state index contributed by atoms with van der Waals surface area (Å²) in [6.07, 6.45) is 1.06. The van der Waals surface area contributed by atoms with Crippen LogP contribution in [-0.4, -0.2) is 72.5 Å². The van der Waals surface area contributed by atoms with E-state index in [1.165, 1.54) is 4.31 Å². The molecule has 0 saturated carbocycles. The number of carbonyl (C=O) groups is 1. The average Bonchev–Trinajstić information content (AvgIpc) is 2.90. The molecule has 1 aliphatic heterocycles. The van der Waals surface area contributed by atoms with Crippen molar-refractivity contribution in [1.82, 2.24) is 14.2 Å². The minimum absolute atomic E-state index is 0.0424. The first-order valence-electron chi connectivity index (χ1n) is 12.3. The van der Waals surface area contributed by atoms with E-state index in [1.807, 2.05) is 38.1 Å². The summed E-state index contributed by atoms with van der Waals surface area (Å²) >= 11 is 0. The van der Waals surface area contributed by atoms with Crippen molar-refractivity contribution >= 4 is 15.9 Å². The van der Waals surface area contributed by atoms with Crippen molar-refractivity contribution in [3.05, 3.63) is 78.1 Å². The summed E-state index contributed by atoms with van der Waals surface area (Å²) < 4.78 is 35.2. The maximum atomic E-state index is 13.7. The Morgan fingerprint density at radius 2 is 1.92 bits per heavy atom. The first-order chi connectivity index (χ1) is 17.6. The quantitative estimate of drug-likeness (QED) is 0.530. The van der Waals surface area contributed by atoms with Gasteiger partial charge in [-0.05, 0) is 54.8 Å². The highest BCUT2D eigenvalue weighted by atomic mass is 32.2. The van der Waals surface area contributed by atoms with Crippen molar-refractivity contribution in [3.8, 4) is 16.9 Å². The molecule has 3 atom stereocenters. The molecule has 2 aromatic carbocycles. The number of aliphatic hydroxyl groups is 1. The van der Waals surface area contributed by atoms with Crippen LogP contribution >= 0.6 is 0 Å². The Labute approximate surface area is 218 Å². The SMILES string of the molecule is Cc1ccccc1-c1ccc2c(c1)O[C@@H](CN(C)C(=O)c1ccccn1)[C@@H](C)CN([C@H](C)CO)S2(=O)=O. The number of fused-ring (bicyclic) bond motifs is 1. The molecule has 1 aromatic heterocycles. The fraction of sp³-hybridized carbons (Fsp3) is 0.357. The molecule has 0 spiro atoms. The number of hydrogen-bond donors (Lipinski definition) is 1. The van der Waals surface area contributed by atoms with Gasteiger partial charge in [-0.25, -0.2) is 8.42 Å². The van der Waals surface area contributed by atoms with Gasteiger partial charge in [0, 0.05) is 31.7 Å². The Bertz CT molecular complexity index is 1360. The van der Waals surface area contributed by atoms with Crippen molar-refractivity contribution in [2.24, 2.45) is 5.92 Å². The van der Waals surface area contributed by atoms with Gasteiger partial charge >= 0.3 is 0 Å². The van der Waals surface area contributed by atoms with Crippen molar-refractivity contribution in [3.63, 3.8) is 0 Å². The van der Waals surface area contributed by atoms with Gasteiger partial charge in [0.05, 0.1) is 13.2 Å². The lowest BCUT2D eigenvalue weighted by Gasteiger charge is -2.37. The molecule has 37 heavy (non-hydrogen) atoms. The number of carbonyl (C=O) groups excluding carboxylic acids is 1. The summed E-state index contributed by atoms with van der Waals surface area (Å²) in [5.41, 5.74) is 3.18. The van der Waals surface area contributed by atoms with Crippen LogP contribution in [0.3, 0.4) is 0 Å². The lowest BCUT2D eigenvalue weighted by atomic mass is 10.00. The first kappa shape index (κ1) is 26.8. The average molecular weight is 524 g/mol. The minimum Gasteiger partial charge on any atom is -0.487 e. The fourth-order valence-corrected chi connectivity index (χ4v) is 6.37. The number of ether oxygens (including phenoxy) is 1. The van der Waals surface area contributed by atoms with Gasteiger partial charge in [-0.1, -0.05) is 43.3 Å². The van der Waals surface area contributed by atoms with Crippen LogP contribution in [0.25, 0.3) is 11.1 Å². The lowest BCUT2D eigenvalue weighted by molar-refractivity contribution is 0.0560. The number of aliphatic hydroxyl groups excluding tert-OH is 1. The van der Waals surface area contributed by atoms with Crippen molar-refractivity contribution in [2.45, 2.75) is 37.8 Å². The van der Waals surface area contributed by atoms with Crippen LogP contribution in [-0.2, 0) is 10.0 Å². The minimum atomic E-state index is -3.95. The Morgan fingerprint density at radius 3 is 2.59 bits per heavy atom. The molecule has 0 fully saturated rings. The van der Waals surface area contributed by atoms with E-state index in [-0.39, 0.29) is 42.2 Å². The molecule has 9 heteroatoms. The lowest BCUT2D eigenvalue weighted by Crippen LogP contribution is -2.50. The Balaban J connectivity index is 1.76. The molecule has 1 amide bonds. The number of sulfonamides is 1. The van der Waals surface area contributed by atoms with Crippen LogP contribution in [0.2, 0.25) is 0 Å². The van der Waals surface area contributed by atoms with Crippen molar-refractivity contribution in [1.29, 1.82) is 0 Å². The highest BCUT2D eigenvalue weighted by Gasteiger charge is 2.38. The number of pyridine rings is 1. The number of rotatable bonds is 6. The first-order valence-corrected chi connectivity index (χ1v) is 13.7. The third kappa shape index (κ3) is 5.53. The van der Waals surface area contributed by atoms with Gasteiger partial charge in [-0.3, -0.25) is 9.78 Å². The summed E-state index contributed by atoms with van der Waals surface area (Å²) in [7, 11) is -2.27. The summed E-state index contributed by atoms with van der Waals surface area (Å²) in [6, 6.07) is 17.5. The third-order valence-electron chi connectivity index (χ3n) is 6.81. The molecular weight excluding hydrogens is 490 g/mol. The van der Waals surface area contributed by atoms with Crippen molar-refractivity contribution in [2.75, 3.05) is 26.7 Å². The number of benzene rings is 2. The van der Waals surface area contributed by atoms with E-state index < -0.39 is 22.2 Å². The molecule has 8 nitrogen and oxygen atoms in total. The van der Waals surface area contributed by atoms with E-state index in [0.29, 0.717) is 5.69 Å². The molecule has 1 aliphatic rings. The number of hydrogen-bond acceptors (Lipinski definition) is 6. The van der Waals surface area contributed by atoms with Gasteiger partial charge in [-0.2, -0.15) is 4.31 Å². The Kier molecular flexibility index (Phi) is 7.96. The predicted octanol–water partition coefficient (Wildman–Crippen LogP) is 3.60. The van der Waals surface area contributed by atoms with Crippen LogP contribution in [0.4, 0.5) is 0 Å². The highest BCUT2D eigenvalue weighted by Crippen LogP contribution is 2.37. The molecular formula is C28H33N3O5S. The van der Waals surface area contributed by atoms with E-state index in [2.05, 4.69) is 4.98 Å². The van der Waals surface area contributed by atoms with Crippen LogP contribution in [0.1, 0.15) is 29.9 Å². The van der Waals surface area contributed by atoms with E-state index >= 15 is 0 Å². The second kappa shape index (κ2) is 11.0. The molecule has 1 N–H and O–H groups in total. The van der Waals surface area contributed by atoms with Gasteiger partial charge in [0.1, 0.15) is 22.4 Å². The molecule has 3 aromatic rings. The maximum absolute atomic E-state index is 13.7. The molecule has 0 aliphatic carbocycles. The number of aromatic nitrogens is 1. The maximum Gasteiger partial charge on any atom is 0.272 e. The summed E-state index contributed by atoms with van der Waals surface area (Å²) in [4.78, 5) is 18.7. The molecule has 4 rings (SSSR count). The second-order valence-electron chi connectivity index (χ2n) is 9.62. The third-order valence-corrected chi connectivity index (χ3v) is 8.83. The normalized spacial score (nSPS) is 20.1. The summed E-state index contributed by atoms with van der Waals surface area (Å²) in [6.45, 7) is 5.63. The summed E-state index contributed by atoms with van der Waals surface area (Å²) in [5, 5.41) is 9.85. The zero-order chi connectivity index (χ0) is 26.7. The van der Waals surface area contributed by atoms with Gasteiger partial charge in [-0.15, -0.1) is 0 Å². The van der Waals surface area contributed by atoms with E-state index in [0.717, 1.165) is 16.7 Å². The Morgan fingerprint density at radius 1 is 1.19 bits per heavy atom. The summed E-state index contributed by atoms with van der Waals surface area (Å²) in [5.74, 6) is -0.301. The highest BCUT2D eigenvalue weighted by molar-refractivity contribution is 7.89. The predicted molar refractivity (Wildman–Crippen MR) is 142 cm³/mol. The smallest absolute Gasteiger partial charge is 0.272 e. The van der Waals surface area contributed by atoms with Crippen LogP contribution in [0.5, 0.6) is 5.75 Å². The largest absolute Gasteiger partial charge is 0.487 e. The zero-order valence-electron chi connectivity index (χ0n) is 21.5. The van der Waals surface area contributed by atoms with Gasteiger partial charge in [0.25, 0.3) is 5.91 Å². The fourth-order valence-electron chi connectivity index (χ4n) is 4.55. The van der Waals surface area contributed by atoms with Crippen LogP contribution in [0, 0.1) is 12.8 Å². The molecule has 0 saturated heterocycles. The van der Waals surface area contributed by atoms with E-state index in [4.69, 9.17) is 4.74 Å². The molecule has 0 bridgehead atoms. The topological polar surface area (TPSA) is 100 Å². The van der Waals surface area contributed by atoms with E-state index in [9.17, 15) is 18.3 Å². The standard InChI is InChI=1S/C28H33N3O5S/c1-19-9-5-6-10-23(19)22-12-13-27-25(15-22)36-26(17-30(4)28(33)24-11-7-8-14-29-24)20(2)16-31(21(3)18-32)37(27,34)35/h5-15,20-21,26,32H,16-18H2,1-4H3/t20-,21+,26-/m0/s1. The van der Waals surface area contributed by atoms with Crippen LogP contribution < -0.4 is 4.74 Å². The second-order valence-corrected chi connectivity index (χ2v) is 11.5. The molecule has 196 valence electrons. The monoisotopic (exact) mass is 523 g/mol.